The Morgan fingerprint density at radius 3 is 2.62 bits per heavy atom. The zero-order valence-corrected chi connectivity index (χ0v) is 7.73. The van der Waals surface area contributed by atoms with Crippen molar-refractivity contribution in [3.63, 3.8) is 0 Å². The maximum Gasteiger partial charge on any atom is 0.261 e. The quantitative estimate of drug-likeness (QED) is 0.364. The second kappa shape index (κ2) is 6.54. The number of ketones is 1. The van der Waals surface area contributed by atoms with E-state index in [0.717, 1.165) is 6.42 Å². The zero-order chi connectivity index (χ0) is 10.3. The maximum absolute atomic E-state index is 10.8. The van der Waals surface area contributed by atoms with E-state index in [1.807, 2.05) is 0 Å². The number of nitro groups is 1. The van der Waals surface area contributed by atoms with Gasteiger partial charge in [-0.05, 0) is 19.8 Å². The van der Waals surface area contributed by atoms with Gasteiger partial charge in [-0.2, -0.15) is 0 Å². The highest BCUT2D eigenvalue weighted by Crippen LogP contribution is 2.03. The lowest BCUT2D eigenvalue weighted by molar-refractivity contribution is -0.467. The van der Waals surface area contributed by atoms with Crippen LogP contribution in [0, 0.1) is 10.1 Å². The van der Waals surface area contributed by atoms with E-state index in [9.17, 15) is 14.9 Å². The summed E-state index contributed by atoms with van der Waals surface area (Å²) < 4.78 is 0. The molecular formula is C8H15NO4. The second-order valence-electron chi connectivity index (χ2n) is 3.12. The third-order valence-electron chi connectivity index (χ3n) is 1.63. The van der Waals surface area contributed by atoms with Crippen molar-refractivity contribution in [2.75, 3.05) is 6.54 Å². The molecule has 0 fully saturated rings. The fourth-order valence-corrected chi connectivity index (χ4v) is 0.985. The van der Waals surface area contributed by atoms with E-state index in [0.29, 0.717) is 12.8 Å². The number of aliphatic hydroxyl groups is 1. The third kappa shape index (κ3) is 8.94. The summed E-state index contributed by atoms with van der Waals surface area (Å²) in [6, 6.07) is 0. The van der Waals surface area contributed by atoms with E-state index in [1.165, 1.54) is 0 Å². The number of nitrogens with zero attached hydrogens (tertiary/aromatic N) is 1. The highest BCUT2D eigenvalue weighted by atomic mass is 16.6. The largest absolute Gasteiger partial charge is 0.393 e. The lowest BCUT2D eigenvalue weighted by Crippen LogP contribution is -2.13. The number of carbonyl (C=O) groups excluding carboxylic acids is 1. The number of hydrogen-bond donors (Lipinski definition) is 1. The monoisotopic (exact) mass is 189 g/mol. The first-order valence-electron chi connectivity index (χ1n) is 4.34. The SMILES string of the molecule is CC(O)CCCCC(=O)C[N+](=O)[O-]. The van der Waals surface area contributed by atoms with Gasteiger partial charge in [-0.25, -0.2) is 0 Å². The Hall–Kier alpha value is -0.970. The molecule has 0 saturated carbocycles. The van der Waals surface area contributed by atoms with E-state index in [4.69, 9.17) is 5.11 Å². The summed E-state index contributed by atoms with van der Waals surface area (Å²) in [5.74, 6) is -0.337. The molecule has 0 aromatic rings. The molecule has 76 valence electrons. The minimum Gasteiger partial charge on any atom is -0.393 e. The molecule has 0 radical (unpaired) electrons. The van der Waals surface area contributed by atoms with Crippen LogP contribution in [0.2, 0.25) is 0 Å². The molecule has 0 aromatic carbocycles. The first-order chi connectivity index (χ1) is 6.02. The summed E-state index contributed by atoms with van der Waals surface area (Å²) in [6.07, 6.45) is 1.89. The van der Waals surface area contributed by atoms with Crippen LogP contribution < -0.4 is 0 Å². The summed E-state index contributed by atoms with van der Waals surface area (Å²) >= 11 is 0. The Morgan fingerprint density at radius 2 is 2.15 bits per heavy atom. The fraction of sp³-hybridized carbons (Fsp3) is 0.875. The number of unbranched alkanes of at least 4 members (excludes halogenated alkanes) is 1. The van der Waals surface area contributed by atoms with Gasteiger partial charge < -0.3 is 5.11 Å². The topological polar surface area (TPSA) is 80.4 Å². The molecule has 0 aliphatic heterocycles. The van der Waals surface area contributed by atoms with E-state index < -0.39 is 11.5 Å². The van der Waals surface area contributed by atoms with Crippen LogP contribution in [0.5, 0.6) is 0 Å². The lowest BCUT2D eigenvalue weighted by atomic mass is 10.1. The van der Waals surface area contributed by atoms with Gasteiger partial charge in [0.2, 0.25) is 5.78 Å². The standard InChI is InChI=1S/C8H15NO4/c1-7(10)4-2-3-5-8(11)6-9(12)13/h7,10H,2-6H2,1H3. The summed E-state index contributed by atoms with van der Waals surface area (Å²) in [6.45, 7) is 1.10. The van der Waals surface area contributed by atoms with Crippen molar-refractivity contribution in [2.45, 2.75) is 38.7 Å². The van der Waals surface area contributed by atoms with Gasteiger partial charge in [0.15, 0.2) is 0 Å². The molecule has 5 heteroatoms. The van der Waals surface area contributed by atoms with Gasteiger partial charge >= 0.3 is 0 Å². The minimum absolute atomic E-state index is 0.244. The molecule has 0 aliphatic rings. The smallest absolute Gasteiger partial charge is 0.261 e. The van der Waals surface area contributed by atoms with Gasteiger partial charge in [0.1, 0.15) is 0 Å². The predicted octanol–water partition coefficient (Wildman–Crippen LogP) is 0.773. The van der Waals surface area contributed by atoms with Crippen LogP contribution in [-0.2, 0) is 4.79 Å². The number of Topliss-reactive ketones (excluding diaryl/α,β-unsaturated/α-hetero) is 1. The average Bonchev–Trinajstić information content (AvgIpc) is 1.96. The third-order valence-corrected chi connectivity index (χ3v) is 1.63. The van der Waals surface area contributed by atoms with Gasteiger partial charge in [0.05, 0.1) is 6.10 Å². The van der Waals surface area contributed by atoms with Crippen LogP contribution in [0.3, 0.4) is 0 Å². The Bertz CT molecular complexity index is 179. The van der Waals surface area contributed by atoms with Crippen LogP contribution in [-0.4, -0.2) is 28.5 Å². The van der Waals surface area contributed by atoms with Crippen molar-refractivity contribution in [2.24, 2.45) is 0 Å². The summed E-state index contributed by atoms with van der Waals surface area (Å²) in [4.78, 5) is 20.1. The molecule has 5 nitrogen and oxygen atoms in total. The molecule has 13 heavy (non-hydrogen) atoms. The fourth-order valence-electron chi connectivity index (χ4n) is 0.985. The van der Waals surface area contributed by atoms with Crippen molar-refractivity contribution in [1.82, 2.24) is 0 Å². The van der Waals surface area contributed by atoms with Gasteiger partial charge in [0.25, 0.3) is 6.54 Å². The average molecular weight is 189 g/mol. The normalized spacial score (nSPS) is 12.5. The van der Waals surface area contributed by atoms with Crippen LogP contribution in [0.25, 0.3) is 0 Å². The highest BCUT2D eigenvalue weighted by Gasteiger charge is 2.08. The zero-order valence-electron chi connectivity index (χ0n) is 7.73. The second-order valence-corrected chi connectivity index (χ2v) is 3.12. The van der Waals surface area contributed by atoms with E-state index in [2.05, 4.69) is 0 Å². The summed E-state index contributed by atoms with van der Waals surface area (Å²) in [5, 5.41) is 18.8. The molecule has 1 unspecified atom stereocenters. The predicted molar refractivity (Wildman–Crippen MR) is 47.0 cm³/mol. The van der Waals surface area contributed by atoms with Gasteiger partial charge in [-0.3, -0.25) is 14.9 Å². The summed E-state index contributed by atoms with van der Waals surface area (Å²) in [5.41, 5.74) is 0. The van der Waals surface area contributed by atoms with Crippen molar-refractivity contribution < 1.29 is 14.8 Å². The van der Waals surface area contributed by atoms with Gasteiger partial charge in [-0.15, -0.1) is 0 Å². The Kier molecular flexibility index (Phi) is 6.05. The first kappa shape index (κ1) is 12.0. The Morgan fingerprint density at radius 1 is 1.54 bits per heavy atom. The molecule has 0 bridgehead atoms. The van der Waals surface area contributed by atoms with Crippen LogP contribution in [0.15, 0.2) is 0 Å². The van der Waals surface area contributed by atoms with Gasteiger partial charge in [-0.1, -0.05) is 6.42 Å². The van der Waals surface area contributed by atoms with E-state index in [1.54, 1.807) is 6.92 Å². The van der Waals surface area contributed by atoms with Crippen molar-refractivity contribution in [3.8, 4) is 0 Å². The molecule has 0 amide bonds. The van der Waals surface area contributed by atoms with Crippen LogP contribution in [0.1, 0.15) is 32.6 Å². The number of hydrogen-bond acceptors (Lipinski definition) is 4. The molecule has 1 atom stereocenters. The molecule has 0 rings (SSSR count). The number of aliphatic hydroxyl groups excluding tert-OH is 1. The van der Waals surface area contributed by atoms with Crippen LogP contribution >= 0.6 is 0 Å². The molecule has 0 aromatic heterocycles. The number of carbonyl (C=O) groups is 1. The lowest BCUT2D eigenvalue weighted by Gasteiger charge is -2.01. The molecule has 0 spiro atoms. The van der Waals surface area contributed by atoms with Gasteiger partial charge in [0, 0.05) is 11.3 Å². The van der Waals surface area contributed by atoms with E-state index in [-0.39, 0.29) is 18.3 Å². The Balaban J connectivity index is 3.32. The molecule has 0 saturated heterocycles. The first-order valence-corrected chi connectivity index (χ1v) is 4.34. The van der Waals surface area contributed by atoms with Crippen molar-refractivity contribution in [1.29, 1.82) is 0 Å². The molecule has 0 heterocycles. The minimum atomic E-state index is -0.614. The highest BCUT2D eigenvalue weighted by molar-refractivity contribution is 5.79. The van der Waals surface area contributed by atoms with Crippen LogP contribution in [0.4, 0.5) is 0 Å². The molecule has 1 N–H and O–H groups in total. The molecular weight excluding hydrogens is 174 g/mol. The summed E-state index contributed by atoms with van der Waals surface area (Å²) in [7, 11) is 0. The number of rotatable bonds is 7. The van der Waals surface area contributed by atoms with E-state index >= 15 is 0 Å². The maximum atomic E-state index is 10.8. The molecule has 0 aliphatic carbocycles. The van der Waals surface area contributed by atoms with Crippen molar-refractivity contribution >= 4 is 5.78 Å². The Labute approximate surface area is 76.9 Å². The van der Waals surface area contributed by atoms with Crippen molar-refractivity contribution in [3.05, 3.63) is 10.1 Å².